The first kappa shape index (κ1) is 29.9. The third-order valence-electron chi connectivity index (χ3n) is 5.21. The highest BCUT2D eigenvalue weighted by Gasteiger charge is 2.41. The number of carbonyl (C=O) groups is 1. The maximum atomic E-state index is 15.0. The lowest BCUT2D eigenvalue weighted by Crippen LogP contribution is -2.28. The van der Waals surface area contributed by atoms with E-state index < -0.39 is 58.7 Å². The molecule has 0 aliphatic heterocycles. The summed E-state index contributed by atoms with van der Waals surface area (Å²) in [7, 11) is 1.38. The monoisotopic (exact) mass is 643 g/mol. The number of halogens is 10. The summed E-state index contributed by atoms with van der Waals surface area (Å²) in [6, 6.07) is 5.16. The van der Waals surface area contributed by atoms with Crippen LogP contribution >= 0.6 is 39.1 Å². The summed E-state index contributed by atoms with van der Waals surface area (Å²) in [5.41, 5.74) is -3.60. The number of hydrogen-bond donors (Lipinski definition) is 0. The molecule has 0 spiro atoms. The van der Waals surface area contributed by atoms with E-state index in [4.69, 9.17) is 23.2 Å². The van der Waals surface area contributed by atoms with Gasteiger partial charge in [0.25, 0.3) is 0 Å². The second-order valence-electron chi connectivity index (χ2n) is 7.92. The average Bonchev–Trinajstić information content (AvgIpc) is 2.84. The maximum absolute atomic E-state index is 15.0. The normalized spacial score (nSPS) is 13.4. The molecule has 2 aromatic carbocycles. The number of nitrogens with zero attached hydrogens (tertiary/aromatic N) is 3. The van der Waals surface area contributed by atoms with Crippen LogP contribution in [0, 0.1) is 0 Å². The second kappa shape index (κ2) is 11.6. The largest absolute Gasteiger partial charge is 0.417 e. The summed E-state index contributed by atoms with van der Waals surface area (Å²) in [6.45, 7) is -0.548. The van der Waals surface area contributed by atoms with Crippen molar-refractivity contribution in [3.63, 3.8) is 0 Å². The number of alkyl halides is 6. The van der Waals surface area contributed by atoms with Crippen LogP contribution in [0.2, 0.25) is 10.0 Å². The third-order valence-corrected chi connectivity index (χ3v) is 6.86. The van der Waals surface area contributed by atoms with Crippen molar-refractivity contribution in [1.82, 2.24) is 9.97 Å². The van der Waals surface area contributed by atoms with Crippen molar-refractivity contribution in [2.75, 3.05) is 18.5 Å². The van der Waals surface area contributed by atoms with Gasteiger partial charge in [-0.25, -0.2) is 14.4 Å². The lowest BCUT2D eigenvalue weighted by molar-refractivity contribution is -0.140. The molecule has 0 radical (unpaired) electrons. The predicted molar refractivity (Wildman–Crippen MR) is 133 cm³/mol. The van der Waals surface area contributed by atoms with Crippen molar-refractivity contribution in [1.29, 1.82) is 0 Å². The number of benzene rings is 2. The molecule has 3 aromatic rings. The highest BCUT2D eigenvalue weighted by atomic mass is 79.9. The van der Waals surface area contributed by atoms with Gasteiger partial charge in [0.15, 0.2) is 5.78 Å². The van der Waals surface area contributed by atoms with Crippen LogP contribution in [0.3, 0.4) is 0 Å². The lowest BCUT2D eigenvalue weighted by Gasteiger charge is -2.20. The minimum Gasteiger partial charge on any atom is -0.336 e. The molecule has 0 saturated carbocycles. The Labute approximate surface area is 230 Å². The number of likely N-dealkylation sites (N-methyl/N-ethyl adjacent to an activating group) is 1. The maximum Gasteiger partial charge on any atom is 0.417 e. The van der Waals surface area contributed by atoms with Gasteiger partial charge in [0.05, 0.1) is 22.2 Å². The highest BCUT2D eigenvalue weighted by Crippen LogP contribution is 2.43. The Kier molecular flexibility index (Phi) is 9.10. The van der Waals surface area contributed by atoms with E-state index >= 15 is 4.39 Å². The second-order valence-corrected chi connectivity index (χ2v) is 9.56. The van der Waals surface area contributed by atoms with Gasteiger partial charge in [0.1, 0.15) is 11.7 Å². The fourth-order valence-electron chi connectivity index (χ4n) is 3.41. The molecule has 38 heavy (non-hydrogen) atoms. The molecular weight excluding hydrogens is 630 g/mol. The first-order valence-corrected chi connectivity index (χ1v) is 12.0. The number of aromatic nitrogens is 2. The standard InChI is InChI=1S/C24H15BrCl2F7N3O/c1-37(22-35-5-2-6-36-22)11-20(38)14-4-3-12(7-16(14)24(32,33)34)19(28)10-15(23(29,30)31)13-8-17(25)21(27)18(26)9-13/h2-10,15H,11H2,1H3/b19-10-. The Hall–Kier alpha value is -2.70. The molecule has 14 heteroatoms. The SMILES string of the molecule is CN(CC(=O)c1ccc(/C(F)=C/C(c2cc(Cl)c(Cl)c(Br)c2)C(F)(F)F)cc1C(F)(F)F)c1ncccn1. The van der Waals surface area contributed by atoms with E-state index in [1.165, 1.54) is 30.4 Å². The fourth-order valence-corrected chi connectivity index (χ4v) is 4.34. The van der Waals surface area contributed by atoms with Crippen LogP contribution in [0.1, 0.15) is 33.0 Å². The zero-order valence-electron chi connectivity index (χ0n) is 19.0. The number of anilines is 1. The predicted octanol–water partition coefficient (Wildman–Crippen LogP) is 8.54. The summed E-state index contributed by atoms with van der Waals surface area (Å²) in [4.78, 5) is 21.7. The number of hydrogen-bond acceptors (Lipinski definition) is 4. The van der Waals surface area contributed by atoms with Crippen LogP contribution in [-0.4, -0.2) is 35.5 Å². The van der Waals surface area contributed by atoms with Gasteiger partial charge in [0.2, 0.25) is 5.95 Å². The first-order chi connectivity index (χ1) is 17.6. The molecule has 0 aliphatic carbocycles. The molecule has 0 amide bonds. The first-order valence-electron chi connectivity index (χ1n) is 10.4. The molecule has 1 unspecified atom stereocenters. The molecule has 1 atom stereocenters. The van der Waals surface area contributed by atoms with Crippen molar-refractivity contribution in [3.05, 3.63) is 91.6 Å². The van der Waals surface area contributed by atoms with Crippen LogP contribution < -0.4 is 4.90 Å². The summed E-state index contributed by atoms with van der Waals surface area (Å²) < 4.78 is 97.9. The number of Topliss-reactive ketones (excluding diaryl/α,β-unsaturated/α-hetero) is 1. The van der Waals surface area contributed by atoms with E-state index in [0.29, 0.717) is 6.07 Å². The van der Waals surface area contributed by atoms with Crippen LogP contribution in [0.5, 0.6) is 0 Å². The summed E-state index contributed by atoms with van der Waals surface area (Å²) in [5, 5.41) is -0.312. The Morgan fingerprint density at radius 2 is 1.71 bits per heavy atom. The molecule has 0 N–H and O–H groups in total. The van der Waals surface area contributed by atoms with Crippen molar-refractivity contribution in [3.8, 4) is 0 Å². The molecule has 1 heterocycles. The van der Waals surface area contributed by atoms with Gasteiger partial charge in [-0.15, -0.1) is 0 Å². The minimum absolute atomic E-state index is 0.0119. The molecule has 0 fully saturated rings. The van der Waals surface area contributed by atoms with E-state index in [-0.39, 0.29) is 32.6 Å². The fraction of sp³-hybridized carbons (Fsp3) is 0.208. The van der Waals surface area contributed by atoms with Crippen LogP contribution in [-0.2, 0) is 6.18 Å². The number of rotatable bonds is 7. The van der Waals surface area contributed by atoms with Crippen LogP contribution in [0.15, 0.2) is 59.3 Å². The van der Waals surface area contributed by atoms with E-state index in [0.717, 1.165) is 18.2 Å². The van der Waals surface area contributed by atoms with Crippen LogP contribution in [0.25, 0.3) is 5.83 Å². The van der Waals surface area contributed by atoms with Gasteiger partial charge >= 0.3 is 12.4 Å². The molecule has 202 valence electrons. The zero-order chi connectivity index (χ0) is 28.4. The third kappa shape index (κ3) is 7.03. The minimum atomic E-state index is -5.11. The number of allylic oxidation sites excluding steroid dienone is 1. The van der Waals surface area contributed by atoms with Gasteiger partial charge in [-0.05, 0) is 51.8 Å². The molecule has 4 nitrogen and oxygen atoms in total. The van der Waals surface area contributed by atoms with Crippen molar-refractivity contribution in [2.24, 2.45) is 0 Å². The summed E-state index contributed by atoms with van der Waals surface area (Å²) >= 11 is 14.7. The Morgan fingerprint density at radius 3 is 2.26 bits per heavy atom. The molecule has 0 bridgehead atoms. The van der Waals surface area contributed by atoms with Gasteiger partial charge < -0.3 is 4.90 Å². The van der Waals surface area contributed by atoms with Crippen LogP contribution in [0.4, 0.5) is 36.7 Å². The average molecular weight is 645 g/mol. The smallest absolute Gasteiger partial charge is 0.336 e. The topological polar surface area (TPSA) is 46.1 Å². The van der Waals surface area contributed by atoms with E-state index in [1.807, 2.05) is 0 Å². The highest BCUT2D eigenvalue weighted by molar-refractivity contribution is 9.10. The van der Waals surface area contributed by atoms with E-state index in [9.17, 15) is 31.1 Å². The van der Waals surface area contributed by atoms with Gasteiger partial charge in [-0.1, -0.05) is 35.3 Å². The zero-order valence-corrected chi connectivity index (χ0v) is 22.1. The van der Waals surface area contributed by atoms with E-state index in [1.54, 1.807) is 0 Å². The van der Waals surface area contributed by atoms with Gasteiger partial charge in [-0.3, -0.25) is 4.79 Å². The molecule has 0 saturated heterocycles. The number of carbonyl (C=O) groups excluding carboxylic acids is 1. The quantitative estimate of drug-likeness (QED) is 0.147. The van der Waals surface area contributed by atoms with Gasteiger partial charge in [0, 0.05) is 35.0 Å². The molecule has 1 aromatic heterocycles. The summed E-state index contributed by atoms with van der Waals surface area (Å²) in [5.74, 6) is -5.07. The molecule has 3 rings (SSSR count). The van der Waals surface area contributed by atoms with Gasteiger partial charge in [-0.2, -0.15) is 26.3 Å². The van der Waals surface area contributed by atoms with Crippen molar-refractivity contribution in [2.45, 2.75) is 18.3 Å². The Balaban J connectivity index is 2.01. The van der Waals surface area contributed by atoms with Crippen molar-refractivity contribution < 1.29 is 35.5 Å². The van der Waals surface area contributed by atoms with Crippen molar-refractivity contribution >= 4 is 56.7 Å². The lowest BCUT2D eigenvalue weighted by atomic mass is 9.95. The summed E-state index contributed by atoms with van der Waals surface area (Å²) in [6.07, 6.45) is -7.26. The Morgan fingerprint density at radius 1 is 1.08 bits per heavy atom. The number of ketones is 1. The van der Waals surface area contributed by atoms with E-state index in [2.05, 4.69) is 25.9 Å². The molecule has 0 aliphatic rings. The Bertz CT molecular complexity index is 1340. The molecular formula is C24H15BrCl2F7N3O.